The molecular formula is C16H25N3OS. The van der Waals surface area contributed by atoms with E-state index in [1.54, 1.807) is 0 Å². The number of hydrogen-bond donors (Lipinski definition) is 1. The van der Waals surface area contributed by atoms with Crippen molar-refractivity contribution in [3.05, 3.63) is 21.9 Å². The van der Waals surface area contributed by atoms with E-state index < -0.39 is 0 Å². The summed E-state index contributed by atoms with van der Waals surface area (Å²) in [6, 6.07) is 2.16. The van der Waals surface area contributed by atoms with Gasteiger partial charge in [-0.05, 0) is 56.8 Å². The second-order valence-electron chi connectivity index (χ2n) is 6.51. The smallest absolute Gasteiger partial charge is 0.236 e. The summed E-state index contributed by atoms with van der Waals surface area (Å²) < 4.78 is 0. The third kappa shape index (κ3) is 3.00. The van der Waals surface area contributed by atoms with Gasteiger partial charge in [0.1, 0.15) is 0 Å². The maximum atomic E-state index is 12.3. The van der Waals surface area contributed by atoms with Gasteiger partial charge in [-0.3, -0.25) is 4.79 Å². The van der Waals surface area contributed by atoms with Crippen LogP contribution in [0.2, 0.25) is 0 Å². The van der Waals surface area contributed by atoms with E-state index in [9.17, 15) is 4.79 Å². The van der Waals surface area contributed by atoms with Gasteiger partial charge in [-0.15, -0.1) is 11.3 Å². The Morgan fingerprint density at radius 1 is 1.48 bits per heavy atom. The van der Waals surface area contributed by atoms with Crippen molar-refractivity contribution in [2.45, 2.75) is 37.8 Å². The lowest BCUT2D eigenvalue weighted by Crippen LogP contribution is -2.57. The highest BCUT2D eigenvalue weighted by molar-refractivity contribution is 7.10. The average molecular weight is 307 g/mol. The highest BCUT2D eigenvalue weighted by Crippen LogP contribution is 2.35. The zero-order valence-electron chi connectivity index (χ0n) is 13.0. The van der Waals surface area contributed by atoms with Crippen LogP contribution in [0.3, 0.4) is 0 Å². The number of nitrogens with zero attached hydrogens (tertiary/aromatic N) is 2. The molecule has 5 heteroatoms. The summed E-state index contributed by atoms with van der Waals surface area (Å²) in [6.07, 6.45) is 4.80. The molecule has 2 heterocycles. The minimum Gasteiger partial charge on any atom is -0.337 e. The van der Waals surface area contributed by atoms with Crippen LogP contribution in [-0.2, 0) is 17.8 Å². The van der Waals surface area contributed by atoms with Crippen LogP contribution in [0.15, 0.2) is 11.4 Å². The maximum absolute atomic E-state index is 12.3. The highest BCUT2D eigenvalue weighted by atomic mass is 32.1. The Balaban J connectivity index is 1.47. The summed E-state index contributed by atoms with van der Waals surface area (Å²) >= 11 is 1.82. The number of hydrogen-bond acceptors (Lipinski definition) is 4. The van der Waals surface area contributed by atoms with Gasteiger partial charge in [0.25, 0.3) is 0 Å². The first-order chi connectivity index (χ1) is 10.1. The molecule has 4 nitrogen and oxygen atoms in total. The first-order valence-electron chi connectivity index (χ1n) is 7.82. The number of likely N-dealkylation sites (N-methyl/N-ethyl adjacent to an activating group) is 1. The van der Waals surface area contributed by atoms with E-state index in [-0.39, 0.29) is 11.4 Å². The summed E-state index contributed by atoms with van der Waals surface area (Å²) in [5.41, 5.74) is 1.62. The van der Waals surface area contributed by atoms with Gasteiger partial charge in [-0.2, -0.15) is 0 Å². The zero-order chi connectivity index (χ0) is 14.9. The van der Waals surface area contributed by atoms with E-state index in [4.69, 9.17) is 0 Å². The number of fused-ring (bicyclic) bond motifs is 1. The first-order valence-corrected chi connectivity index (χ1v) is 8.70. The van der Waals surface area contributed by atoms with Gasteiger partial charge >= 0.3 is 0 Å². The number of rotatable bonds is 5. The topological polar surface area (TPSA) is 35.6 Å². The molecule has 116 valence electrons. The van der Waals surface area contributed by atoms with Crippen molar-refractivity contribution in [1.29, 1.82) is 0 Å². The van der Waals surface area contributed by atoms with Crippen molar-refractivity contribution in [2.24, 2.45) is 0 Å². The minimum absolute atomic E-state index is 0.236. The third-order valence-corrected chi connectivity index (χ3v) is 6.15. The van der Waals surface area contributed by atoms with Gasteiger partial charge in [0.15, 0.2) is 0 Å². The van der Waals surface area contributed by atoms with E-state index in [0.717, 1.165) is 26.1 Å². The van der Waals surface area contributed by atoms with Crippen LogP contribution in [0.4, 0.5) is 0 Å². The molecule has 0 aromatic carbocycles. The molecule has 0 spiro atoms. The molecule has 1 saturated carbocycles. The molecule has 1 fully saturated rings. The number of amides is 1. The molecule has 1 aliphatic carbocycles. The van der Waals surface area contributed by atoms with Gasteiger partial charge in [0.05, 0.1) is 6.54 Å². The largest absolute Gasteiger partial charge is 0.337 e. The Morgan fingerprint density at radius 2 is 2.29 bits per heavy atom. The summed E-state index contributed by atoms with van der Waals surface area (Å²) in [5.74, 6) is 0.236. The fraction of sp³-hybridized carbons (Fsp3) is 0.688. The maximum Gasteiger partial charge on any atom is 0.236 e. The van der Waals surface area contributed by atoms with Crippen LogP contribution in [-0.4, -0.2) is 55.0 Å². The van der Waals surface area contributed by atoms with Crippen LogP contribution < -0.4 is 5.32 Å². The predicted octanol–water partition coefficient (Wildman–Crippen LogP) is 1.71. The number of carbonyl (C=O) groups excluding carboxylic acids is 1. The molecule has 0 bridgehead atoms. The van der Waals surface area contributed by atoms with Crippen molar-refractivity contribution in [3.63, 3.8) is 0 Å². The van der Waals surface area contributed by atoms with E-state index >= 15 is 0 Å². The summed E-state index contributed by atoms with van der Waals surface area (Å²) in [7, 11) is 4.29. The Kier molecular flexibility index (Phi) is 4.33. The number of thiophene rings is 1. The molecule has 0 saturated heterocycles. The van der Waals surface area contributed by atoms with E-state index in [1.165, 1.54) is 29.7 Å². The molecule has 0 atom stereocenters. The summed E-state index contributed by atoms with van der Waals surface area (Å²) in [4.78, 5) is 18.1. The third-order valence-electron chi connectivity index (χ3n) is 5.12. The Hall–Kier alpha value is -0.910. The molecule has 3 rings (SSSR count). The van der Waals surface area contributed by atoms with Crippen LogP contribution in [0.5, 0.6) is 0 Å². The van der Waals surface area contributed by atoms with Crippen LogP contribution >= 0.6 is 11.3 Å². The summed E-state index contributed by atoms with van der Waals surface area (Å²) in [5, 5.41) is 5.53. The van der Waals surface area contributed by atoms with Gasteiger partial charge in [0, 0.05) is 30.1 Å². The van der Waals surface area contributed by atoms with Gasteiger partial charge in [-0.1, -0.05) is 0 Å². The molecule has 2 aliphatic rings. The molecule has 1 amide bonds. The predicted molar refractivity (Wildman–Crippen MR) is 86.6 cm³/mol. The van der Waals surface area contributed by atoms with Crippen LogP contribution in [0.25, 0.3) is 0 Å². The molecule has 1 aliphatic heterocycles. The normalized spacial score (nSPS) is 20.2. The van der Waals surface area contributed by atoms with Crippen molar-refractivity contribution in [1.82, 2.24) is 15.1 Å². The van der Waals surface area contributed by atoms with Gasteiger partial charge < -0.3 is 15.1 Å². The Bertz CT molecular complexity index is 507. The quantitative estimate of drug-likeness (QED) is 0.899. The van der Waals surface area contributed by atoms with Gasteiger partial charge in [0.2, 0.25) is 5.91 Å². The average Bonchev–Trinajstić information content (AvgIpc) is 2.88. The SMILES string of the molecule is CN(C)C1(CNCC(=O)N2CCc3sccc3C2)CCC1. The van der Waals surface area contributed by atoms with Gasteiger partial charge in [-0.25, -0.2) is 0 Å². The molecular weight excluding hydrogens is 282 g/mol. The number of nitrogens with one attached hydrogen (secondary N) is 1. The number of carbonyl (C=O) groups is 1. The lowest BCUT2D eigenvalue weighted by Gasteiger charge is -2.47. The second kappa shape index (κ2) is 6.07. The first kappa shape index (κ1) is 15.0. The fourth-order valence-electron chi connectivity index (χ4n) is 3.34. The Morgan fingerprint density at radius 3 is 2.95 bits per heavy atom. The Labute approximate surface area is 131 Å². The molecule has 21 heavy (non-hydrogen) atoms. The zero-order valence-corrected chi connectivity index (χ0v) is 13.8. The van der Waals surface area contributed by atoms with Crippen molar-refractivity contribution >= 4 is 17.2 Å². The molecule has 0 unspecified atom stereocenters. The minimum atomic E-state index is 0.236. The van der Waals surface area contributed by atoms with Crippen LogP contribution in [0.1, 0.15) is 29.7 Å². The molecule has 1 N–H and O–H groups in total. The van der Waals surface area contributed by atoms with Crippen molar-refractivity contribution < 1.29 is 4.79 Å². The van der Waals surface area contributed by atoms with Crippen molar-refractivity contribution in [3.8, 4) is 0 Å². The standard InChI is InChI=1S/C16H25N3OS/c1-18(2)16(6-3-7-16)12-17-10-15(20)19-8-4-14-13(11-19)5-9-21-14/h5,9,17H,3-4,6-8,10-12H2,1-2H3. The molecule has 0 radical (unpaired) electrons. The second-order valence-corrected chi connectivity index (χ2v) is 7.51. The highest BCUT2D eigenvalue weighted by Gasteiger charge is 2.38. The monoisotopic (exact) mass is 307 g/mol. The van der Waals surface area contributed by atoms with E-state index in [1.807, 2.05) is 16.2 Å². The lowest BCUT2D eigenvalue weighted by molar-refractivity contribution is -0.131. The van der Waals surface area contributed by atoms with Crippen molar-refractivity contribution in [2.75, 3.05) is 33.7 Å². The summed E-state index contributed by atoms with van der Waals surface area (Å²) in [6.45, 7) is 3.05. The van der Waals surface area contributed by atoms with Crippen LogP contribution in [0, 0.1) is 0 Å². The van der Waals surface area contributed by atoms with E-state index in [0.29, 0.717) is 6.54 Å². The van der Waals surface area contributed by atoms with E-state index in [2.05, 4.69) is 35.8 Å². The fourth-order valence-corrected chi connectivity index (χ4v) is 4.23. The molecule has 1 aromatic rings. The molecule has 1 aromatic heterocycles. The lowest BCUT2D eigenvalue weighted by atomic mass is 9.75.